The third-order valence-corrected chi connectivity index (χ3v) is 4.58. The third kappa shape index (κ3) is 3.80. The van der Waals surface area contributed by atoms with E-state index in [0.29, 0.717) is 17.7 Å². The summed E-state index contributed by atoms with van der Waals surface area (Å²) in [5, 5.41) is 4.37. The molecule has 1 aromatic carbocycles. The van der Waals surface area contributed by atoms with Gasteiger partial charge in [0.25, 0.3) is 0 Å². The third-order valence-electron chi connectivity index (χ3n) is 3.49. The molecule has 0 spiro atoms. The van der Waals surface area contributed by atoms with Crippen molar-refractivity contribution < 1.29 is 9.13 Å². The predicted octanol–water partition coefficient (Wildman–Crippen LogP) is 3.80. The molecule has 0 radical (unpaired) electrons. The Morgan fingerprint density at radius 3 is 2.67 bits per heavy atom. The van der Waals surface area contributed by atoms with Gasteiger partial charge in [-0.3, -0.25) is 0 Å². The molecule has 0 saturated carbocycles. The lowest BCUT2D eigenvalue weighted by Gasteiger charge is -2.18. The summed E-state index contributed by atoms with van der Waals surface area (Å²) in [5.74, 6) is 0.290. The van der Waals surface area contributed by atoms with E-state index < -0.39 is 0 Å². The van der Waals surface area contributed by atoms with Crippen molar-refractivity contribution in [3.8, 4) is 5.75 Å². The number of aromatic nitrogens is 1. The molecule has 0 fully saturated rings. The van der Waals surface area contributed by atoms with Gasteiger partial charge in [-0.1, -0.05) is 13.0 Å². The molecule has 0 bridgehead atoms. The van der Waals surface area contributed by atoms with Crippen molar-refractivity contribution in [1.29, 1.82) is 0 Å². The first kappa shape index (κ1) is 15.9. The fourth-order valence-electron chi connectivity index (χ4n) is 2.26. The van der Waals surface area contributed by atoms with Crippen molar-refractivity contribution in [2.45, 2.75) is 33.2 Å². The Morgan fingerprint density at radius 2 is 2.14 bits per heavy atom. The first-order valence-electron chi connectivity index (χ1n) is 7.04. The zero-order valence-electron chi connectivity index (χ0n) is 12.9. The van der Waals surface area contributed by atoms with Gasteiger partial charge in [0.15, 0.2) is 0 Å². The summed E-state index contributed by atoms with van der Waals surface area (Å²) in [7, 11) is 1.54. The SMILES string of the molecule is CCNC(Cc1nc(C)c(C)s1)c1ccc(OC)cc1F. The van der Waals surface area contributed by atoms with E-state index in [2.05, 4.69) is 17.2 Å². The van der Waals surface area contributed by atoms with Gasteiger partial charge in [-0.15, -0.1) is 11.3 Å². The van der Waals surface area contributed by atoms with E-state index in [1.165, 1.54) is 18.1 Å². The largest absolute Gasteiger partial charge is 0.497 e. The molecule has 2 aromatic rings. The topological polar surface area (TPSA) is 34.2 Å². The molecule has 0 amide bonds. The van der Waals surface area contributed by atoms with Crippen LogP contribution in [0.4, 0.5) is 4.39 Å². The monoisotopic (exact) mass is 308 g/mol. The summed E-state index contributed by atoms with van der Waals surface area (Å²) in [4.78, 5) is 5.77. The van der Waals surface area contributed by atoms with Crippen molar-refractivity contribution in [3.63, 3.8) is 0 Å². The predicted molar refractivity (Wildman–Crippen MR) is 84.7 cm³/mol. The van der Waals surface area contributed by atoms with E-state index in [1.54, 1.807) is 23.5 Å². The highest BCUT2D eigenvalue weighted by molar-refractivity contribution is 7.11. The molecule has 0 saturated heterocycles. The molecule has 1 aromatic heterocycles. The summed E-state index contributed by atoms with van der Waals surface area (Å²) in [5.41, 5.74) is 1.71. The molecular weight excluding hydrogens is 287 g/mol. The number of hydrogen-bond acceptors (Lipinski definition) is 4. The normalized spacial score (nSPS) is 12.4. The molecule has 1 N–H and O–H groups in total. The fourth-order valence-corrected chi connectivity index (χ4v) is 3.24. The minimum atomic E-state index is -0.245. The van der Waals surface area contributed by atoms with Gasteiger partial charge in [0.2, 0.25) is 0 Å². The Labute approximate surface area is 129 Å². The highest BCUT2D eigenvalue weighted by atomic mass is 32.1. The van der Waals surface area contributed by atoms with Crippen LogP contribution < -0.4 is 10.1 Å². The van der Waals surface area contributed by atoms with Crippen molar-refractivity contribution in [2.75, 3.05) is 13.7 Å². The Kier molecular flexibility index (Phi) is 5.31. The maximum absolute atomic E-state index is 14.3. The van der Waals surface area contributed by atoms with Gasteiger partial charge in [-0.05, 0) is 26.5 Å². The van der Waals surface area contributed by atoms with Gasteiger partial charge >= 0.3 is 0 Å². The van der Waals surface area contributed by atoms with Crippen LogP contribution in [0.2, 0.25) is 0 Å². The number of likely N-dealkylation sites (N-methyl/N-ethyl adjacent to an activating group) is 1. The summed E-state index contributed by atoms with van der Waals surface area (Å²) in [6.45, 7) is 6.87. The second kappa shape index (κ2) is 7.00. The Bertz CT molecular complexity index is 593. The first-order valence-corrected chi connectivity index (χ1v) is 7.86. The number of hydrogen-bond donors (Lipinski definition) is 1. The lowest BCUT2D eigenvalue weighted by atomic mass is 10.0. The van der Waals surface area contributed by atoms with Crippen LogP contribution in [0.25, 0.3) is 0 Å². The van der Waals surface area contributed by atoms with Gasteiger partial charge in [0.05, 0.1) is 17.8 Å². The number of aryl methyl sites for hydroxylation is 2. The number of rotatable bonds is 6. The van der Waals surface area contributed by atoms with E-state index in [4.69, 9.17) is 4.74 Å². The van der Waals surface area contributed by atoms with E-state index >= 15 is 0 Å². The molecule has 21 heavy (non-hydrogen) atoms. The molecule has 2 rings (SSSR count). The van der Waals surface area contributed by atoms with E-state index in [0.717, 1.165) is 17.2 Å². The lowest BCUT2D eigenvalue weighted by Crippen LogP contribution is -2.24. The average molecular weight is 308 g/mol. The molecule has 1 heterocycles. The van der Waals surface area contributed by atoms with Crippen LogP contribution in [0.1, 0.15) is 34.1 Å². The van der Waals surface area contributed by atoms with Crippen molar-refractivity contribution in [1.82, 2.24) is 10.3 Å². The van der Waals surface area contributed by atoms with Gasteiger partial charge in [0.1, 0.15) is 11.6 Å². The van der Waals surface area contributed by atoms with E-state index in [1.807, 2.05) is 13.8 Å². The van der Waals surface area contributed by atoms with Crippen LogP contribution in [0.15, 0.2) is 18.2 Å². The minimum Gasteiger partial charge on any atom is -0.497 e. The van der Waals surface area contributed by atoms with Gasteiger partial charge < -0.3 is 10.1 Å². The maximum Gasteiger partial charge on any atom is 0.131 e. The van der Waals surface area contributed by atoms with Gasteiger partial charge in [0, 0.05) is 29.0 Å². The molecule has 1 unspecified atom stereocenters. The van der Waals surface area contributed by atoms with Crippen LogP contribution >= 0.6 is 11.3 Å². The molecule has 3 nitrogen and oxygen atoms in total. The van der Waals surface area contributed by atoms with Crippen LogP contribution in [-0.4, -0.2) is 18.6 Å². The smallest absolute Gasteiger partial charge is 0.131 e. The average Bonchev–Trinajstić information content (AvgIpc) is 2.77. The molecule has 114 valence electrons. The molecule has 0 aliphatic rings. The van der Waals surface area contributed by atoms with Crippen LogP contribution in [0.3, 0.4) is 0 Å². The lowest BCUT2D eigenvalue weighted by molar-refractivity contribution is 0.409. The zero-order valence-corrected chi connectivity index (χ0v) is 13.7. The first-order chi connectivity index (χ1) is 10.0. The van der Waals surface area contributed by atoms with Gasteiger partial charge in [-0.25, -0.2) is 9.37 Å². The highest BCUT2D eigenvalue weighted by Crippen LogP contribution is 2.27. The fraction of sp³-hybridized carbons (Fsp3) is 0.438. The van der Waals surface area contributed by atoms with E-state index in [-0.39, 0.29) is 11.9 Å². The van der Waals surface area contributed by atoms with Crippen LogP contribution in [0.5, 0.6) is 5.75 Å². The summed E-state index contributed by atoms with van der Waals surface area (Å²) in [6, 6.07) is 4.93. The molecule has 0 aliphatic heterocycles. The number of methoxy groups -OCH3 is 1. The zero-order chi connectivity index (χ0) is 15.4. The number of benzene rings is 1. The number of ether oxygens (including phenoxy) is 1. The van der Waals surface area contributed by atoms with Crippen LogP contribution in [-0.2, 0) is 6.42 Å². The van der Waals surface area contributed by atoms with E-state index in [9.17, 15) is 4.39 Å². The number of thiazole rings is 1. The maximum atomic E-state index is 14.3. The molecule has 5 heteroatoms. The number of nitrogens with zero attached hydrogens (tertiary/aromatic N) is 1. The Balaban J connectivity index is 2.26. The second-order valence-corrected chi connectivity index (χ2v) is 6.24. The Hall–Kier alpha value is -1.46. The number of nitrogens with one attached hydrogen (secondary N) is 1. The van der Waals surface area contributed by atoms with Crippen molar-refractivity contribution >= 4 is 11.3 Å². The summed E-state index contributed by atoms with van der Waals surface area (Å²) >= 11 is 1.68. The quantitative estimate of drug-likeness (QED) is 0.881. The Morgan fingerprint density at radius 1 is 1.38 bits per heavy atom. The van der Waals surface area contributed by atoms with Crippen LogP contribution in [0, 0.1) is 19.7 Å². The van der Waals surface area contributed by atoms with Crippen molar-refractivity contribution in [3.05, 3.63) is 45.2 Å². The number of halogens is 1. The molecule has 1 atom stereocenters. The highest BCUT2D eigenvalue weighted by Gasteiger charge is 2.18. The molecular formula is C16H21FN2OS. The standard InChI is InChI=1S/C16H21FN2OS/c1-5-18-15(9-16-19-10(2)11(3)21-16)13-7-6-12(20-4)8-14(13)17/h6-8,15,18H,5,9H2,1-4H3. The second-order valence-electron chi connectivity index (χ2n) is 4.95. The minimum absolute atomic E-state index is 0.0779. The summed E-state index contributed by atoms with van der Waals surface area (Å²) < 4.78 is 19.3. The van der Waals surface area contributed by atoms with Crippen molar-refractivity contribution in [2.24, 2.45) is 0 Å². The summed E-state index contributed by atoms with van der Waals surface area (Å²) in [6.07, 6.45) is 0.691. The van der Waals surface area contributed by atoms with Gasteiger partial charge in [-0.2, -0.15) is 0 Å². The molecule has 0 aliphatic carbocycles.